The van der Waals surface area contributed by atoms with Crippen molar-refractivity contribution in [1.82, 2.24) is 24.8 Å². The number of carbonyl (C=O) groups excluding carboxylic acids is 3. The highest BCUT2D eigenvalue weighted by Crippen LogP contribution is 2.42. The summed E-state index contributed by atoms with van der Waals surface area (Å²) in [6.07, 6.45) is 3.58. The first kappa shape index (κ1) is 44.9. The molecule has 3 aliphatic heterocycles. The molecule has 1 amide bonds. The molecule has 0 aromatic carbocycles. The number of esters is 2. The van der Waals surface area contributed by atoms with E-state index in [1.165, 1.54) is 25.0 Å². The fourth-order valence-electron chi connectivity index (χ4n) is 9.03. The second-order valence-electron chi connectivity index (χ2n) is 16.7. The van der Waals surface area contributed by atoms with E-state index in [-0.39, 0.29) is 35.2 Å². The molecule has 1 saturated heterocycles. The Kier molecular flexibility index (Phi) is 14.2. The molecule has 60 heavy (non-hydrogen) atoms. The highest BCUT2D eigenvalue weighted by molar-refractivity contribution is 7.99. The molecule has 322 valence electrons. The minimum atomic E-state index is -0.657. The number of fused-ring (bicyclic) bond motifs is 8. The first-order valence-corrected chi connectivity index (χ1v) is 22.5. The molecular formula is C48H63N5O6S. The number of nitrogens with one attached hydrogen (secondary N) is 2. The molecule has 0 saturated carbocycles. The van der Waals surface area contributed by atoms with E-state index >= 15 is 0 Å². The number of aromatic amines is 2. The van der Waals surface area contributed by atoms with Crippen LogP contribution in [0.5, 0.6) is 0 Å². The van der Waals surface area contributed by atoms with Crippen molar-refractivity contribution in [2.45, 2.75) is 137 Å². The van der Waals surface area contributed by atoms with Gasteiger partial charge in [-0.1, -0.05) is 40.3 Å². The van der Waals surface area contributed by atoms with Gasteiger partial charge in [0.05, 0.1) is 17.5 Å². The van der Waals surface area contributed by atoms with Crippen LogP contribution in [-0.2, 0) is 28.6 Å². The lowest BCUT2D eigenvalue weighted by atomic mass is 9.86. The van der Waals surface area contributed by atoms with E-state index in [9.17, 15) is 14.4 Å². The highest BCUT2D eigenvalue weighted by atomic mass is 32.2. The van der Waals surface area contributed by atoms with Gasteiger partial charge >= 0.3 is 11.9 Å². The van der Waals surface area contributed by atoms with Crippen LogP contribution in [0.15, 0.2) is 30.8 Å². The van der Waals surface area contributed by atoms with Crippen molar-refractivity contribution in [2.75, 3.05) is 19.3 Å². The van der Waals surface area contributed by atoms with E-state index in [4.69, 9.17) is 24.2 Å². The van der Waals surface area contributed by atoms with Gasteiger partial charge in [-0.3, -0.25) is 19.4 Å². The fourth-order valence-corrected chi connectivity index (χ4v) is 10.2. The number of rotatable bonds is 13. The Balaban J connectivity index is 1.21. The van der Waals surface area contributed by atoms with Gasteiger partial charge in [-0.2, -0.15) is 0 Å². The van der Waals surface area contributed by atoms with Crippen molar-refractivity contribution in [3.63, 3.8) is 0 Å². The lowest BCUT2D eigenvalue weighted by Gasteiger charge is -2.44. The Morgan fingerprint density at radius 3 is 2.23 bits per heavy atom. The molecule has 3 aliphatic rings. The van der Waals surface area contributed by atoms with Gasteiger partial charge in [-0.15, -0.1) is 11.8 Å². The summed E-state index contributed by atoms with van der Waals surface area (Å²) in [5.74, 6) is -0.0788. The van der Waals surface area contributed by atoms with Gasteiger partial charge in [0.25, 0.3) is 0 Å². The zero-order valence-electron chi connectivity index (χ0n) is 37.3. The molecule has 0 unspecified atom stereocenters. The Labute approximate surface area is 359 Å². The molecular weight excluding hydrogens is 775 g/mol. The molecule has 6 heterocycles. The molecule has 8 bridgehead atoms. The summed E-state index contributed by atoms with van der Waals surface area (Å²) in [5, 5.41) is 0. The van der Waals surface area contributed by atoms with Gasteiger partial charge in [-0.25, -0.2) is 4.98 Å². The van der Waals surface area contributed by atoms with Crippen LogP contribution in [0.3, 0.4) is 0 Å². The third-order valence-corrected chi connectivity index (χ3v) is 14.0. The Morgan fingerprint density at radius 2 is 1.57 bits per heavy atom. The molecule has 1 fully saturated rings. The minimum absolute atomic E-state index is 0.0432. The number of hydrogen-bond acceptors (Lipinski definition) is 9. The zero-order chi connectivity index (χ0) is 43.6. The zero-order valence-corrected chi connectivity index (χ0v) is 38.1. The molecule has 6 rings (SSSR count). The molecule has 11 nitrogen and oxygen atoms in total. The molecule has 3 aromatic heterocycles. The summed E-state index contributed by atoms with van der Waals surface area (Å²) in [6.45, 7) is 24.3. The average molecular weight is 838 g/mol. The normalized spacial score (nSPS) is 22.8. The van der Waals surface area contributed by atoms with E-state index in [1.807, 2.05) is 31.9 Å². The van der Waals surface area contributed by atoms with Gasteiger partial charge < -0.3 is 29.1 Å². The van der Waals surface area contributed by atoms with Gasteiger partial charge in [-0.05, 0) is 111 Å². The maximum absolute atomic E-state index is 13.7. The number of allylic oxidation sites excluding steroid dienone is 2. The SMILES string of the molecule is C=Cc1c(C)c2cc3nc(c(C)c4cc(C)c(cc5nc(cc1[nH]2)C(C)=C5CC)[nH]4)[C@@H](CCC(=O)N(C)CCCS[C@@H]1O[C@H](CC)[C@@H](OC(C)=O)[C@H](OC(C)=O)[C@H]1C)[C@@H]3C. The molecule has 0 spiro atoms. The van der Waals surface area contributed by atoms with Crippen LogP contribution in [0.1, 0.15) is 137 Å². The van der Waals surface area contributed by atoms with E-state index in [0.717, 1.165) is 85.7 Å². The van der Waals surface area contributed by atoms with Crippen LogP contribution in [-0.4, -0.2) is 85.8 Å². The Bertz CT molecular complexity index is 2340. The van der Waals surface area contributed by atoms with Crippen LogP contribution >= 0.6 is 11.8 Å². The quantitative estimate of drug-likeness (QED) is 0.127. The van der Waals surface area contributed by atoms with E-state index in [2.05, 4.69) is 82.4 Å². The maximum atomic E-state index is 13.7. The second-order valence-corrected chi connectivity index (χ2v) is 17.9. The smallest absolute Gasteiger partial charge is 0.303 e. The fraction of sp³-hybridized carbons (Fsp3) is 0.521. The number of hydrogen-bond donors (Lipinski definition) is 2. The van der Waals surface area contributed by atoms with Gasteiger partial charge in [0, 0.05) is 90.6 Å². The van der Waals surface area contributed by atoms with Gasteiger partial charge in [0.1, 0.15) is 11.5 Å². The lowest BCUT2D eigenvalue weighted by Crippen LogP contribution is -2.55. The van der Waals surface area contributed by atoms with E-state index < -0.39 is 24.1 Å². The first-order chi connectivity index (χ1) is 28.6. The number of carbonyl (C=O) groups is 3. The average Bonchev–Trinajstić information content (AvgIpc) is 3.91. The summed E-state index contributed by atoms with van der Waals surface area (Å²) in [6, 6.07) is 8.68. The first-order valence-electron chi connectivity index (χ1n) is 21.5. The number of aryl methyl sites for hydroxylation is 3. The largest absolute Gasteiger partial charge is 0.458 e. The number of nitrogens with zero attached hydrogens (tertiary/aromatic N) is 3. The van der Waals surface area contributed by atoms with E-state index in [0.29, 0.717) is 25.8 Å². The Hall–Kier alpha value is -4.68. The topological polar surface area (TPSA) is 140 Å². The second kappa shape index (κ2) is 18.9. The summed E-state index contributed by atoms with van der Waals surface area (Å²) in [5.41, 5.74) is 14.5. The summed E-state index contributed by atoms with van der Waals surface area (Å²) in [7, 11) is 1.87. The van der Waals surface area contributed by atoms with Gasteiger partial charge in [0.15, 0.2) is 6.10 Å². The van der Waals surface area contributed by atoms with Crippen LogP contribution in [0, 0.1) is 26.7 Å². The van der Waals surface area contributed by atoms with Crippen LogP contribution < -0.4 is 0 Å². The number of thioether (sulfide) groups is 1. The van der Waals surface area contributed by atoms with Crippen molar-refractivity contribution in [3.8, 4) is 0 Å². The molecule has 7 atom stereocenters. The standard InChI is InChI=1S/C48H63N5O6S/c1-13-33-27(6)39-24-42-34(14-2)26(5)38(50-42)23-40-28(7)35(45(52-40)29(8)37-21-25(4)36(49-37)22-41(33)51-39)17-18-44(56)53(12)19-16-20-60-48-30(9)46(57-31(10)54)47(58-32(11)55)43(15-3)59-48/h14,21-24,28,30,35,43,46-50H,2,13,15-20H2,1,3-12H3/t28-,30+,35-,43+,46+,47+,48-/m0/s1. The van der Waals surface area contributed by atoms with Crippen LogP contribution in [0.4, 0.5) is 0 Å². The van der Waals surface area contributed by atoms with Crippen molar-refractivity contribution < 1.29 is 28.6 Å². The van der Waals surface area contributed by atoms with Crippen molar-refractivity contribution in [3.05, 3.63) is 75.9 Å². The number of amides is 1. The summed E-state index contributed by atoms with van der Waals surface area (Å²) in [4.78, 5) is 57.3. The Morgan fingerprint density at radius 1 is 0.900 bits per heavy atom. The summed E-state index contributed by atoms with van der Waals surface area (Å²) < 4.78 is 17.7. The highest BCUT2D eigenvalue weighted by Gasteiger charge is 2.47. The molecule has 3 aromatic rings. The van der Waals surface area contributed by atoms with E-state index in [1.54, 1.807) is 11.8 Å². The maximum Gasteiger partial charge on any atom is 0.303 e. The van der Waals surface area contributed by atoms with Crippen LogP contribution in [0.25, 0.3) is 39.3 Å². The number of ether oxygens (including phenoxy) is 3. The predicted octanol–water partition coefficient (Wildman–Crippen LogP) is 10.1. The van der Waals surface area contributed by atoms with Crippen molar-refractivity contribution >= 4 is 68.9 Å². The third-order valence-electron chi connectivity index (χ3n) is 12.6. The number of H-pyrrole nitrogens is 2. The summed E-state index contributed by atoms with van der Waals surface area (Å²) >= 11 is 1.64. The monoisotopic (exact) mass is 837 g/mol. The third kappa shape index (κ3) is 9.29. The van der Waals surface area contributed by atoms with Crippen molar-refractivity contribution in [2.24, 2.45) is 5.92 Å². The lowest BCUT2D eigenvalue weighted by molar-refractivity contribution is -0.210. The molecule has 2 N–H and O–H groups in total. The van der Waals surface area contributed by atoms with Crippen LogP contribution in [0.2, 0.25) is 0 Å². The molecule has 12 heteroatoms. The van der Waals surface area contributed by atoms with Gasteiger partial charge in [0.2, 0.25) is 5.91 Å². The van der Waals surface area contributed by atoms with Crippen molar-refractivity contribution in [1.29, 1.82) is 0 Å². The molecule has 0 aliphatic carbocycles. The molecule has 0 radical (unpaired) electrons. The predicted molar refractivity (Wildman–Crippen MR) is 242 cm³/mol. The number of aromatic nitrogens is 4. The minimum Gasteiger partial charge on any atom is -0.458 e.